The third kappa shape index (κ3) is 4.19. The van der Waals surface area contributed by atoms with E-state index < -0.39 is 48.4 Å². The van der Waals surface area contributed by atoms with Crippen LogP contribution in [0.15, 0.2) is 0 Å². The molecule has 154 valence electrons. The Balaban J connectivity index is 5.42. The molecule has 0 N–H and O–H groups in total. The molecular formula is C8F14O4. The van der Waals surface area contributed by atoms with Crippen molar-refractivity contribution in [1.82, 2.24) is 0 Å². The van der Waals surface area contributed by atoms with E-state index in [0.29, 0.717) is 0 Å². The zero-order valence-corrected chi connectivity index (χ0v) is 10.9. The highest BCUT2D eigenvalue weighted by Gasteiger charge is 2.78. The number of carbonyl (C=O) groups is 2. The Morgan fingerprint density at radius 3 is 0.808 bits per heavy atom. The second kappa shape index (κ2) is 6.29. The van der Waals surface area contributed by atoms with Gasteiger partial charge in [0, 0.05) is 0 Å². The lowest BCUT2D eigenvalue weighted by molar-refractivity contribution is -0.418. The van der Waals surface area contributed by atoms with Crippen molar-refractivity contribution in [3.63, 3.8) is 0 Å². The molecule has 0 radical (unpaired) electrons. The number of rotatable bonds is 4. The maximum Gasteiger partial charge on any atom is 0.476 e. The maximum absolute atomic E-state index is 12.5. The lowest BCUT2D eigenvalue weighted by atomic mass is 10.3. The zero-order chi connectivity index (χ0) is 21.6. The third-order valence-corrected chi connectivity index (χ3v) is 2.05. The molecule has 0 rings (SSSR count). The summed E-state index contributed by atoms with van der Waals surface area (Å²) in [4.78, 5) is 20.9. The highest BCUT2D eigenvalue weighted by Crippen LogP contribution is 2.48. The SMILES string of the molecule is O=C(OC(F)(F)C(F)(F)C(F)(F)F)C(=O)OC(F)(F)C(F)(F)C(F)(F)F. The lowest BCUT2D eigenvalue weighted by Gasteiger charge is -2.28. The molecule has 0 aromatic heterocycles. The van der Waals surface area contributed by atoms with Crippen molar-refractivity contribution < 1.29 is 80.5 Å². The van der Waals surface area contributed by atoms with Gasteiger partial charge in [-0.1, -0.05) is 0 Å². The molecule has 0 heterocycles. The van der Waals surface area contributed by atoms with Gasteiger partial charge in [-0.25, -0.2) is 9.59 Å². The first-order valence-electron chi connectivity index (χ1n) is 5.12. The highest BCUT2D eigenvalue weighted by atomic mass is 19.4. The van der Waals surface area contributed by atoms with Gasteiger partial charge in [0.15, 0.2) is 0 Å². The van der Waals surface area contributed by atoms with E-state index in [4.69, 9.17) is 0 Å². The number of alkyl halides is 14. The number of hydrogen-bond acceptors (Lipinski definition) is 4. The Kier molecular flexibility index (Phi) is 5.80. The van der Waals surface area contributed by atoms with E-state index in [1.807, 2.05) is 9.47 Å². The second-order valence-corrected chi connectivity index (χ2v) is 3.96. The number of halogens is 14. The lowest BCUT2D eigenvalue weighted by Crippen LogP contribution is -2.56. The fourth-order valence-corrected chi connectivity index (χ4v) is 0.774. The van der Waals surface area contributed by atoms with Crippen molar-refractivity contribution in [2.45, 2.75) is 36.4 Å². The largest absolute Gasteiger partial charge is 0.476 e. The first kappa shape index (κ1) is 24.0. The summed E-state index contributed by atoms with van der Waals surface area (Å²) in [5, 5.41) is 0. The van der Waals surface area contributed by atoms with Crippen LogP contribution in [0, 0.1) is 0 Å². The number of carbonyl (C=O) groups excluding carboxylic acids is 2. The molecule has 0 saturated carbocycles. The number of hydrogen-bond donors (Lipinski definition) is 0. The minimum atomic E-state index is -7.20. The normalized spacial score (nSPS) is 14.8. The van der Waals surface area contributed by atoms with Crippen molar-refractivity contribution in [1.29, 1.82) is 0 Å². The van der Waals surface area contributed by atoms with Crippen molar-refractivity contribution >= 4 is 11.9 Å². The summed E-state index contributed by atoms with van der Waals surface area (Å²) in [6.45, 7) is 0. The number of esters is 2. The van der Waals surface area contributed by atoms with Gasteiger partial charge in [-0.15, -0.1) is 0 Å². The fourth-order valence-electron chi connectivity index (χ4n) is 0.774. The van der Waals surface area contributed by atoms with Crippen LogP contribution in [0.1, 0.15) is 0 Å². The van der Waals surface area contributed by atoms with Crippen LogP contribution in [0.25, 0.3) is 0 Å². The van der Waals surface area contributed by atoms with Gasteiger partial charge in [-0.2, -0.15) is 61.5 Å². The van der Waals surface area contributed by atoms with E-state index >= 15 is 0 Å². The van der Waals surface area contributed by atoms with Crippen molar-refractivity contribution in [3.05, 3.63) is 0 Å². The van der Waals surface area contributed by atoms with E-state index in [-0.39, 0.29) is 0 Å². The zero-order valence-electron chi connectivity index (χ0n) is 10.9. The van der Waals surface area contributed by atoms with Gasteiger partial charge in [0.1, 0.15) is 0 Å². The molecule has 0 spiro atoms. The molecule has 0 aromatic carbocycles. The highest BCUT2D eigenvalue weighted by molar-refractivity contribution is 6.29. The molecule has 0 aromatic rings. The van der Waals surface area contributed by atoms with Gasteiger partial charge in [-0.3, -0.25) is 0 Å². The van der Waals surface area contributed by atoms with E-state index in [9.17, 15) is 71.1 Å². The molecule has 0 aliphatic carbocycles. The first-order chi connectivity index (χ1) is 11.0. The summed E-state index contributed by atoms with van der Waals surface area (Å²) in [6, 6.07) is 0. The Labute approximate surface area is 130 Å². The topological polar surface area (TPSA) is 52.6 Å². The van der Waals surface area contributed by atoms with Gasteiger partial charge in [-0.05, 0) is 0 Å². The minimum Gasteiger partial charge on any atom is -0.387 e. The van der Waals surface area contributed by atoms with Crippen molar-refractivity contribution in [2.75, 3.05) is 0 Å². The van der Waals surface area contributed by atoms with Gasteiger partial charge >= 0.3 is 48.4 Å². The van der Waals surface area contributed by atoms with Crippen LogP contribution in [0.5, 0.6) is 0 Å². The predicted octanol–water partition coefficient (Wildman–Crippen LogP) is 3.65. The van der Waals surface area contributed by atoms with Crippen LogP contribution in [0.2, 0.25) is 0 Å². The van der Waals surface area contributed by atoms with Gasteiger partial charge < -0.3 is 9.47 Å². The molecule has 0 saturated heterocycles. The first-order valence-corrected chi connectivity index (χ1v) is 5.12. The monoisotopic (exact) mass is 426 g/mol. The summed E-state index contributed by atoms with van der Waals surface area (Å²) >= 11 is 0. The second-order valence-electron chi connectivity index (χ2n) is 3.96. The molecule has 18 heteroatoms. The summed E-state index contributed by atoms with van der Waals surface area (Å²) in [6.07, 6.45) is -28.1. The average molecular weight is 426 g/mol. The Bertz CT molecular complexity index is 508. The summed E-state index contributed by atoms with van der Waals surface area (Å²) in [7, 11) is 0. The predicted molar refractivity (Wildman–Crippen MR) is 44.1 cm³/mol. The Hall–Kier alpha value is -2.04. The quantitative estimate of drug-likeness (QED) is 0.392. The number of ether oxygens (including phenoxy) is 2. The van der Waals surface area contributed by atoms with Gasteiger partial charge in [0.25, 0.3) is 0 Å². The van der Waals surface area contributed by atoms with Crippen molar-refractivity contribution in [2.24, 2.45) is 0 Å². The van der Waals surface area contributed by atoms with Crippen LogP contribution in [-0.4, -0.2) is 48.4 Å². The smallest absolute Gasteiger partial charge is 0.387 e. The molecule has 0 fully saturated rings. The molecule has 0 bridgehead atoms. The molecule has 0 amide bonds. The summed E-state index contributed by atoms with van der Waals surface area (Å²) in [5.74, 6) is -22.1. The molecule has 0 aliphatic heterocycles. The Morgan fingerprint density at radius 2 is 0.654 bits per heavy atom. The van der Waals surface area contributed by atoms with Gasteiger partial charge in [0.2, 0.25) is 0 Å². The van der Waals surface area contributed by atoms with E-state index in [0.717, 1.165) is 0 Å². The van der Waals surface area contributed by atoms with Crippen LogP contribution < -0.4 is 0 Å². The fraction of sp³-hybridized carbons (Fsp3) is 0.750. The minimum absolute atomic E-state index is 1.96. The van der Waals surface area contributed by atoms with Gasteiger partial charge in [0.05, 0.1) is 0 Å². The third-order valence-electron chi connectivity index (χ3n) is 2.05. The molecule has 0 aliphatic rings. The van der Waals surface area contributed by atoms with E-state index in [1.165, 1.54) is 0 Å². The summed E-state index contributed by atoms with van der Waals surface area (Å²) in [5.41, 5.74) is 0. The molecule has 0 atom stereocenters. The summed E-state index contributed by atoms with van der Waals surface area (Å²) < 4.78 is 173. The van der Waals surface area contributed by atoms with Crippen LogP contribution in [0.4, 0.5) is 61.5 Å². The molecular weight excluding hydrogens is 426 g/mol. The molecule has 4 nitrogen and oxygen atoms in total. The molecule has 26 heavy (non-hydrogen) atoms. The maximum atomic E-state index is 12.5. The van der Waals surface area contributed by atoms with Crippen LogP contribution in [0.3, 0.4) is 0 Å². The van der Waals surface area contributed by atoms with E-state index in [2.05, 4.69) is 0 Å². The van der Waals surface area contributed by atoms with Crippen molar-refractivity contribution in [3.8, 4) is 0 Å². The van der Waals surface area contributed by atoms with Crippen LogP contribution >= 0.6 is 0 Å². The Morgan fingerprint density at radius 1 is 0.462 bits per heavy atom. The van der Waals surface area contributed by atoms with Crippen LogP contribution in [-0.2, 0) is 19.1 Å². The molecule has 0 unspecified atom stereocenters. The average Bonchev–Trinajstić information content (AvgIpc) is 2.34. The van der Waals surface area contributed by atoms with E-state index in [1.54, 1.807) is 0 Å². The standard InChI is InChI=1S/C8F14O4/c9-3(10,5(13,14)15)7(19,20)25-1(23)2(24)26-8(21,22)4(11,12)6(16,17)18.